The topological polar surface area (TPSA) is 47.9 Å². The molecule has 0 bridgehead atoms. The van der Waals surface area contributed by atoms with E-state index in [1.165, 1.54) is 0 Å². The highest BCUT2D eigenvalue weighted by Crippen LogP contribution is 2.37. The third-order valence-corrected chi connectivity index (χ3v) is 4.07. The van der Waals surface area contributed by atoms with Crippen molar-refractivity contribution in [3.05, 3.63) is 22.2 Å². The average Bonchev–Trinajstić information content (AvgIpc) is 2.50. The fourth-order valence-corrected chi connectivity index (χ4v) is 2.79. The lowest BCUT2D eigenvalue weighted by Crippen LogP contribution is -2.12. The van der Waals surface area contributed by atoms with E-state index in [1.54, 1.807) is 14.2 Å². The first-order chi connectivity index (χ1) is 10.2. The van der Waals surface area contributed by atoms with Gasteiger partial charge in [-0.15, -0.1) is 0 Å². The first-order valence-electron chi connectivity index (χ1n) is 7.27. The number of methoxy groups -OCH3 is 2. The van der Waals surface area contributed by atoms with Crippen molar-refractivity contribution in [2.45, 2.75) is 32.1 Å². The maximum atomic E-state index is 9.29. The molecule has 21 heavy (non-hydrogen) atoms. The summed E-state index contributed by atoms with van der Waals surface area (Å²) < 4.78 is 17.3. The number of ether oxygens (including phenoxy) is 3. The van der Waals surface area contributed by atoms with E-state index in [9.17, 15) is 5.11 Å². The van der Waals surface area contributed by atoms with Gasteiger partial charge < -0.3 is 19.3 Å². The molecule has 1 unspecified atom stereocenters. The molecule has 0 aromatic heterocycles. The second-order valence-electron chi connectivity index (χ2n) is 4.87. The van der Waals surface area contributed by atoms with Crippen LogP contribution in [0.25, 0.3) is 0 Å². The number of aliphatic hydroxyl groups excluding tert-OH is 1. The maximum Gasteiger partial charge on any atom is 0.161 e. The molecule has 1 rings (SSSR count). The average molecular weight is 361 g/mol. The van der Waals surface area contributed by atoms with Crippen LogP contribution in [-0.4, -0.2) is 39.1 Å². The molecule has 4 nitrogen and oxygen atoms in total. The van der Waals surface area contributed by atoms with E-state index in [2.05, 4.69) is 22.9 Å². The summed E-state index contributed by atoms with van der Waals surface area (Å²) in [6.45, 7) is 3.61. The molecule has 0 amide bonds. The summed E-state index contributed by atoms with van der Waals surface area (Å²) >= 11 is 3.57. The van der Waals surface area contributed by atoms with E-state index < -0.39 is 0 Å². The molecule has 1 aromatic rings. The predicted molar refractivity (Wildman–Crippen MR) is 87.4 cm³/mol. The van der Waals surface area contributed by atoms with Gasteiger partial charge in [0.1, 0.15) is 0 Å². The number of unbranched alkanes of at least 4 members (excludes halogenated alkanes) is 1. The maximum absolute atomic E-state index is 9.29. The van der Waals surface area contributed by atoms with Gasteiger partial charge in [0.05, 0.1) is 20.8 Å². The monoisotopic (exact) mass is 360 g/mol. The minimum absolute atomic E-state index is 0.126. The Balaban J connectivity index is 2.90. The molecule has 1 aromatic carbocycles. The first kappa shape index (κ1) is 18.3. The van der Waals surface area contributed by atoms with E-state index in [1.807, 2.05) is 12.1 Å². The molecule has 0 spiro atoms. The van der Waals surface area contributed by atoms with Gasteiger partial charge in [0.2, 0.25) is 0 Å². The highest BCUT2D eigenvalue weighted by atomic mass is 79.9. The zero-order valence-corrected chi connectivity index (χ0v) is 14.6. The minimum atomic E-state index is 0.126. The Morgan fingerprint density at radius 2 is 1.86 bits per heavy atom. The van der Waals surface area contributed by atoms with Gasteiger partial charge in [-0.3, -0.25) is 0 Å². The Bertz CT molecular complexity index is 423. The number of halogens is 1. The molecule has 0 aliphatic heterocycles. The molecular formula is C16H25BrO4. The molecule has 0 saturated carbocycles. The highest BCUT2D eigenvalue weighted by molar-refractivity contribution is 9.10. The molecule has 0 saturated heterocycles. The fourth-order valence-electron chi connectivity index (χ4n) is 2.14. The number of rotatable bonds is 10. The van der Waals surface area contributed by atoms with Gasteiger partial charge in [-0.1, -0.05) is 29.3 Å². The van der Waals surface area contributed by atoms with Crippen LogP contribution in [0.15, 0.2) is 16.6 Å². The molecule has 120 valence electrons. The lowest BCUT2D eigenvalue weighted by molar-refractivity contribution is 0.108. The van der Waals surface area contributed by atoms with Gasteiger partial charge >= 0.3 is 0 Å². The fraction of sp³-hybridized carbons (Fsp3) is 0.625. The van der Waals surface area contributed by atoms with Crippen LogP contribution in [0.1, 0.15) is 37.7 Å². The van der Waals surface area contributed by atoms with Gasteiger partial charge in [0, 0.05) is 23.6 Å². The van der Waals surface area contributed by atoms with Crippen molar-refractivity contribution in [3.63, 3.8) is 0 Å². The second kappa shape index (κ2) is 10.0. The summed E-state index contributed by atoms with van der Waals surface area (Å²) in [5.41, 5.74) is 1.07. The predicted octanol–water partition coefficient (Wildman–Crippen LogP) is 3.75. The summed E-state index contributed by atoms with van der Waals surface area (Å²) in [6, 6.07) is 3.84. The van der Waals surface area contributed by atoms with Crippen molar-refractivity contribution < 1.29 is 19.3 Å². The van der Waals surface area contributed by atoms with Crippen LogP contribution >= 0.6 is 15.9 Å². The summed E-state index contributed by atoms with van der Waals surface area (Å²) in [7, 11) is 3.23. The number of benzene rings is 1. The summed E-state index contributed by atoms with van der Waals surface area (Å²) in [4.78, 5) is 0. The van der Waals surface area contributed by atoms with Gasteiger partial charge in [-0.05, 0) is 30.5 Å². The van der Waals surface area contributed by atoms with Crippen LogP contribution < -0.4 is 9.47 Å². The van der Waals surface area contributed by atoms with Gasteiger partial charge in [0.25, 0.3) is 0 Å². The SMILES string of the molecule is CCCCOCC(CCO)c1cc(OC)c(OC)cc1Br. The highest BCUT2D eigenvalue weighted by Gasteiger charge is 2.18. The molecule has 5 heteroatoms. The normalized spacial score (nSPS) is 12.2. The van der Waals surface area contributed by atoms with Crippen molar-refractivity contribution in [2.24, 2.45) is 0 Å². The quantitative estimate of drug-likeness (QED) is 0.645. The smallest absolute Gasteiger partial charge is 0.161 e. The molecule has 0 aliphatic carbocycles. The Kier molecular flexibility index (Phi) is 8.73. The van der Waals surface area contributed by atoms with E-state index in [0.29, 0.717) is 24.5 Å². The van der Waals surface area contributed by atoms with Crippen LogP contribution in [0.5, 0.6) is 11.5 Å². The van der Waals surface area contributed by atoms with Gasteiger partial charge in [-0.25, -0.2) is 0 Å². The first-order valence-corrected chi connectivity index (χ1v) is 8.07. The zero-order chi connectivity index (χ0) is 15.7. The summed E-state index contributed by atoms with van der Waals surface area (Å²) in [5, 5.41) is 9.29. The summed E-state index contributed by atoms with van der Waals surface area (Å²) in [6.07, 6.45) is 2.82. The minimum Gasteiger partial charge on any atom is -0.493 e. The molecule has 0 heterocycles. The molecule has 1 atom stereocenters. The molecule has 0 fully saturated rings. The molecule has 0 radical (unpaired) electrons. The van der Waals surface area contributed by atoms with E-state index >= 15 is 0 Å². The Hall–Kier alpha value is -0.780. The Morgan fingerprint density at radius 3 is 2.43 bits per heavy atom. The third kappa shape index (κ3) is 5.49. The van der Waals surface area contributed by atoms with Crippen LogP contribution in [0.2, 0.25) is 0 Å². The Labute approximate surface area is 135 Å². The van der Waals surface area contributed by atoms with Crippen LogP contribution in [0.4, 0.5) is 0 Å². The van der Waals surface area contributed by atoms with E-state index in [-0.39, 0.29) is 12.5 Å². The van der Waals surface area contributed by atoms with Gasteiger partial charge in [0.15, 0.2) is 11.5 Å². The van der Waals surface area contributed by atoms with Crippen molar-refractivity contribution in [3.8, 4) is 11.5 Å². The lowest BCUT2D eigenvalue weighted by atomic mass is 9.96. The third-order valence-electron chi connectivity index (χ3n) is 3.38. The number of aliphatic hydroxyl groups is 1. The van der Waals surface area contributed by atoms with Crippen molar-refractivity contribution in [2.75, 3.05) is 34.0 Å². The van der Waals surface area contributed by atoms with Crippen LogP contribution in [0.3, 0.4) is 0 Å². The van der Waals surface area contributed by atoms with Crippen LogP contribution in [0, 0.1) is 0 Å². The molecule has 1 N–H and O–H groups in total. The number of hydrogen-bond donors (Lipinski definition) is 1. The molecule has 0 aliphatic rings. The van der Waals surface area contributed by atoms with Crippen molar-refractivity contribution in [1.82, 2.24) is 0 Å². The zero-order valence-electron chi connectivity index (χ0n) is 13.0. The largest absolute Gasteiger partial charge is 0.493 e. The van der Waals surface area contributed by atoms with Gasteiger partial charge in [-0.2, -0.15) is 0 Å². The Morgan fingerprint density at radius 1 is 1.19 bits per heavy atom. The van der Waals surface area contributed by atoms with E-state index in [4.69, 9.17) is 14.2 Å². The summed E-state index contributed by atoms with van der Waals surface area (Å²) in [5.74, 6) is 1.50. The molecular weight excluding hydrogens is 336 g/mol. The van der Waals surface area contributed by atoms with E-state index in [0.717, 1.165) is 29.5 Å². The lowest BCUT2D eigenvalue weighted by Gasteiger charge is -2.20. The van der Waals surface area contributed by atoms with Crippen LogP contribution in [-0.2, 0) is 4.74 Å². The second-order valence-corrected chi connectivity index (χ2v) is 5.72. The van der Waals surface area contributed by atoms with Crippen molar-refractivity contribution in [1.29, 1.82) is 0 Å². The standard InChI is InChI=1S/C16H25BrO4/c1-4-5-8-21-11-12(6-7-18)13-9-15(19-2)16(20-3)10-14(13)17/h9-10,12,18H,4-8,11H2,1-3H3. The number of hydrogen-bond acceptors (Lipinski definition) is 4. The van der Waals surface area contributed by atoms with Crippen molar-refractivity contribution >= 4 is 15.9 Å².